The van der Waals surface area contributed by atoms with E-state index in [1.807, 2.05) is 32.0 Å². The molecular weight excluding hydrogens is 256 g/mol. The lowest BCUT2D eigenvalue weighted by Gasteiger charge is -2.20. The normalized spacial score (nSPS) is 12.4. The fourth-order valence-electron chi connectivity index (χ4n) is 2.52. The Kier molecular flexibility index (Phi) is 4.50. The maximum atomic E-state index is 13.9. The van der Waals surface area contributed by atoms with E-state index in [1.165, 1.54) is 28.8 Å². The Labute approximate surface area is 118 Å². The summed E-state index contributed by atoms with van der Waals surface area (Å²) >= 11 is 0. The summed E-state index contributed by atoms with van der Waals surface area (Å²) in [5.41, 5.74) is 3.88. The van der Waals surface area contributed by atoms with Crippen molar-refractivity contribution in [2.75, 3.05) is 7.05 Å². The molecule has 0 saturated carbocycles. The Morgan fingerprint density at radius 2 is 1.70 bits per heavy atom. The van der Waals surface area contributed by atoms with Gasteiger partial charge in [-0.05, 0) is 62.2 Å². The molecule has 0 fully saturated rings. The molecule has 0 bridgehead atoms. The number of benzene rings is 2. The standard InChI is InChI=1S/C17H19F2N/c1-11-5-4-6-12(2)14(11)10-17(20-3)15-9-13(18)7-8-16(15)19/h4-9,17,20H,10H2,1-3H3. The topological polar surface area (TPSA) is 12.0 Å². The number of aryl methyl sites for hydroxylation is 2. The van der Waals surface area contributed by atoms with Gasteiger partial charge in [-0.15, -0.1) is 0 Å². The first-order chi connectivity index (χ1) is 9.52. The molecule has 1 N–H and O–H groups in total. The lowest BCUT2D eigenvalue weighted by atomic mass is 9.93. The second kappa shape index (κ2) is 6.14. The monoisotopic (exact) mass is 275 g/mol. The van der Waals surface area contributed by atoms with E-state index in [4.69, 9.17) is 0 Å². The molecule has 0 saturated heterocycles. The molecule has 20 heavy (non-hydrogen) atoms. The van der Waals surface area contributed by atoms with Crippen LogP contribution in [0.4, 0.5) is 8.78 Å². The summed E-state index contributed by atoms with van der Waals surface area (Å²) in [7, 11) is 1.77. The molecule has 0 aliphatic carbocycles. The summed E-state index contributed by atoms with van der Waals surface area (Å²) in [6.07, 6.45) is 0.634. The Hall–Kier alpha value is -1.74. The molecule has 2 aromatic rings. The molecule has 1 nitrogen and oxygen atoms in total. The van der Waals surface area contributed by atoms with Crippen molar-refractivity contribution in [1.29, 1.82) is 0 Å². The predicted octanol–water partition coefficient (Wildman–Crippen LogP) is 4.08. The molecule has 0 aliphatic rings. The molecule has 106 valence electrons. The molecule has 0 heterocycles. The predicted molar refractivity (Wildman–Crippen MR) is 77.8 cm³/mol. The van der Waals surface area contributed by atoms with Crippen molar-refractivity contribution in [3.05, 3.63) is 70.3 Å². The molecule has 0 radical (unpaired) electrons. The second-order valence-electron chi connectivity index (χ2n) is 5.08. The van der Waals surface area contributed by atoms with Crippen LogP contribution in [-0.4, -0.2) is 7.05 Å². The molecule has 0 aliphatic heterocycles. The van der Waals surface area contributed by atoms with Gasteiger partial charge in [-0.2, -0.15) is 0 Å². The fourth-order valence-corrected chi connectivity index (χ4v) is 2.52. The van der Waals surface area contributed by atoms with Gasteiger partial charge < -0.3 is 5.32 Å². The summed E-state index contributed by atoms with van der Waals surface area (Å²) in [5.74, 6) is -0.792. The summed E-state index contributed by atoms with van der Waals surface area (Å²) < 4.78 is 27.3. The molecule has 2 rings (SSSR count). The zero-order valence-corrected chi connectivity index (χ0v) is 12.0. The largest absolute Gasteiger partial charge is 0.313 e. The minimum atomic E-state index is -0.414. The number of nitrogens with one attached hydrogen (secondary N) is 1. The summed E-state index contributed by atoms with van der Waals surface area (Å²) in [5, 5.41) is 3.08. The van der Waals surface area contributed by atoms with Gasteiger partial charge in [0.25, 0.3) is 0 Å². The zero-order valence-electron chi connectivity index (χ0n) is 12.0. The van der Waals surface area contributed by atoms with E-state index in [1.54, 1.807) is 7.05 Å². The molecule has 0 spiro atoms. The molecule has 2 aromatic carbocycles. The quantitative estimate of drug-likeness (QED) is 0.886. The van der Waals surface area contributed by atoms with Gasteiger partial charge in [0.2, 0.25) is 0 Å². The third-order valence-corrected chi connectivity index (χ3v) is 3.73. The second-order valence-corrected chi connectivity index (χ2v) is 5.08. The van der Waals surface area contributed by atoms with Crippen molar-refractivity contribution < 1.29 is 8.78 Å². The van der Waals surface area contributed by atoms with Crippen molar-refractivity contribution in [3.8, 4) is 0 Å². The van der Waals surface area contributed by atoms with Crippen molar-refractivity contribution in [2.45, 2.75) is 26.3 Å². The third-order valence-electron chi connectivity index (χ3n) is 3.73. The Morgan fingerprint density at radius 1 is 1.05 bits per heavy atom. The maximum absolute atomic E-state index is 13.9. The zero-order chi connectivity index (χ0) is 14.7. The van der Waals surface area contributed by atoms with Crippen LogP contribution >= 0.6 is 0 Å². The lowest BCUT2D eigenvalue weighted by molar-refractivity contribution is 0.521. The van der Waals surface area contributed by atoms with E-state index < -0.39 is 5.82 Å². The Morgan fingerprint density at radius 3 is 2.30 bits per heavy atom. The number of likely N-dealkylation sites (N-methyl/N-ethyl adjacent to an activating group) is 1. The Bertz CT molecular complexity index is 588. The maximum Gasteiger partial charge on any atom is 0.128 e. The molecule has 1 unspecified atom stereocenters. The molecule has 1 atom stereocenters. The highest BCUT2D eigenvalue weighted by Crippen LogP contribution is 2.25. The van der Waals surface area contributed by atoms with Crippen LogP contribution in [0.1, 0.15) is 28.3 Å². The minimum absolute atomic E-state index is 0.245. The van der Waals surface area contributed by atoms with Gasteiger partial charge in [-0.1, -0.05) is 18.2 Å². The van der Waals surface area contributed by atoms with E-state index in [2.05, 4.69) is 5.32 Å². The summed E-state index contributed by atoms with van der Waals surface area (Å²) in [4.78, 5) is 0. The van der Waals surface area contributed by atoms with Crippen LogP contribution in [0.2, 0.25) is 0 Å². The lowest BCUT2D eigenvalue weighted by Crippen LogP contribution is -2.21. The highest BCUT2D eigenvalue weighted by molar-refractivity contribution is 5.35. The van der Waals surface area contributed by atoms with Crippen LogP contribution in [0.3, 0.4) is 0 Å². The van der Waals surface area contributed by atoms with E-state index in [9.17, 15) is 8.78 Å². The molecular formula is C17H19F2N. The van der Waals surface area contributed by atoms with Crippen LogP contribution < -0.4 is 5.32 Å². The minimum Gasteiger partial charge on any atom is -0.313 e. The average molecular weight is 275 g/mol. The number of hydrogen-bond acceptors (Lipinski definition) is 1. The van der Waals surface area contributed by atoms with Gasteiger partial charge in [0.1, 0.15) is 11.6 Å². The SMILES string of the molecule is CNC(Cc1c(C)cccc1C)c1cc(F)ccc1F. The van der Waals surface area contributed by atoms with Gasteiger partial charge in [-0.3, -0.25) is 0 Å². The van der Waals surface area contributed by atoms with Crippen LogP contribution in [0, 0.1) is 25.5 Å². The molecule has 0 amide bonds. The van der Waals surface area contributed by atoms with Crippen molar-refractivity contribution in [3.63, 3.8) is 0 Å². The third kappa shape index (κ3) is 3.05. The van der Waals surface area contributed by atoms with Gasteiger partial charge in [-0.25, -0.2) is 8.78 Å². The highest BCUT2D eigenvalue weighted by atomic mass is 19.1. The number of hydrogen-bond donors (Lipinski definition) is 1. The Balaban J connectivity index is 2.36. The van der Waals surface area contributed by atoms with Crippen molar-refractivity contribution in [1.82, 2.24) is 5.32 Å². The van der Waals surface area contributed by atoms with Crippen LogP contribution in [-0.2, 0) is 6.42 Å². The smallest absolute Gasteiger partial charge is 0.128 e. The summed E-state index contributed by atoms with van der Waals surface area (Å²) in [6.45, 7) is 4.08. The first-order valence-corrected chi connectivity index (χ1v) is 6.70. The van der Waals surface area contributed by atoms with Crippen LogP contribution in [0.5, 0.6) is 0 Å². The van der Waals surface area contributed by atoms with Gasteiger partial charge in [0, 0.05) is 11.6 Å². The van der Waals surface area contributed by atoms with Crippen LogP contribution in [0.25, 0.3) is 0 Å². The number of halogens is 2. The molecule has 3 heteroatoms. The average Bonchev–Trinajstić information content (AvgIpc) is 2.42. The van der Waals surface area contributed by atoms with Crippen molar-refractivity contribution >= 4 is 0 Å². The summed E-state index contributed by atoms with van der Waals surface area (Å²) in [6, 6.07) is 9.43. The van der Waals surface area contributed by atoms with E-state index >= 15 is 0 Å². The number of rotatable bonds is 4. The first-order valence-electron chi connectivity index (χ1n) is 6.70. The molecule has 0 aromatic heterocycles. The van der Waals surface area contributed by atoms with E-state index in [0.29, 0.717) is 12.0 Å². The van der Waals surface area contributed by atoms with Gasteiger partial charge >= 0.3 is 0 Å². The first kappa shape index (κ1) is 14.7. The van der Waals surface area contributed by atoms with Crippen LogP contribution in [0.15, 0.2) is 36.4 Å². The highest BCUT2D eigenvalue weighted by Gasteiger charge is 2.17. The van der Waals surface area contributed by atoms with E-state index in [-0.39, 0.29) is 11.9 Å². The van der Waals surface area contributed by atoms with Gasteiger partial charge in [0.15, 0.2) is 0 Å². The fraction of sp³-hybridized carbons (Fsp3) is 0.294. The van der Waals surface area contributed by atoms with Gasteiger partial charge in [0.05, 0.1) is 0 Å². The van der Waals surface area contributed by atoms with Crippen molar-refractivity contribution in [2.24, 2.45) is 0 Å². The van der Waals surface area contributed by atoms with E-state index in [0.717, 1.165) is 6.07 Å².